The van der Waals surface area contributed by atoms with E-state index in [4.69, 9.17) is 9.72 Å². The second-order valence-corrected chi connectivity index (χ2v) is 15.7. The van der Waals surface area contributed by atoms with Gasteiger partial charge in [-0.15, -0.1) is 22.7 Å². The minimum Gasteiger partial charge on any atom is -0.381 e. The van der Waals surface area contributed by atoms with Crippen molar-refractivity contribution in [2.75, 3.05) is 53.3 Å². The van der Waals surface area contributed by atoms with Crippen LogP contribution in [0.4, 0.5) is 36.1 Å². The largest absolute Gasteiger partial charge is 0.381 e. The number of aromatic nitrogens is 1. The first-order chi connectivity index (χ1) is 25.5. The van der Waals surface area contributed by atoms with E-state index in [1.807, 2.05) is 25.3 Å². The monoisotopic (exact) mass is 757 g/mol. The molecule has 0 unspecified atom stereocenters. The fourth-order valence-corrected chi connectivity index (χ4v) is 9.40. The fraction of sp³-hybridized carbons (Fsp3) is 0.282. The molecule has 272 valence electrons. The van der Waals surface area contributed by atoms with Crippen molar-refractivity contribution in [2.45, 2.75) is 33.1 Å². The third-order valence-corrected chi connectivity index (χ3v) is 12.5. The van der Waals surface area contributed by atoms with Crippen LogP contribution in [0, 0.1) is 36.7 Å². The lowest BCUT2D eigenvalue weighted by atomic mass is 9.73. The van der Waals surface area contributed by atoms with Gasteiger partial charge in [-0.3, -0.25) is 14.4 Å². The second kappa shape index (κ2) is 13.7. The molecular weight excluding hydrogens is 724 g/mol. The molecule has 8 rings (SSSR count). The van der Waals surface area contributed by atoms with Gasteiger partial charge in [0.15, 0.2) is 0 Å². The van der Waals surface area contributed by atoms with Crippen LogP contribution in [0.15, 0.2) is 60.0 Å². The Kier molecular flexibility index (Phi) is 9.07. The van der Waals surface area contributed by atoms with Crippen LogP contribution in [0.2, 0.25) is 0 Å². The molecule has 2 fully saturated rings. The maximum atomic E-state index is 15.8. The van der Waals surface area contributed by atoms with Gasteiger partial charge in [-0.25, -0.2) is 18.2 Å². The number of carbonyl (C=O) groups is 3. The van der Waals surface area contributed by atoms with E-state index in [1.165, 1.54) is 34.4 Å². The molecule has 6 heterocycles. The number of para-hydroxylation sites is 1. The van der Waals surface area contributed by atoms with Crippen molar-refractivity contribution >= 4 is 63.3 Å². The predicted octanol–water partition coefficient (Wildman–Crippen LogP) is 8.23. The number of aryl methyl sites for hydroxylation is 2. The molecule has 2 aromatic carbocycles. The number of nitrogens with zero attached hydrogens (tertiary/aromatic N) is 3. The molecule has 1 spiro atoms. The van der Waals surface area contributed by atoms with E-state index in [1.54, 1.807) is 12.1 Å². The molecular formula is C39H34F3N5O4S2. The molecule has 3 aromatic heterocycles. The summed E-state index contributed by atoms with van der Waals surface area (Å²) in [6.45, 7) is 7.05. The Balaban J connectivity index is 0.989. The maximum Gasteiger partial charge on any atom is 0.265 e. The summed E-state index contributed by atoms with van der Waals surface area (Å²) in [7, 11) is 0. The first kappa shape index (κ1) is 35.0. The quantitative estimate of drug-likeness (QED) is 0.181. The molecule has 0 atom stereocenters. The second-order valence-electron chi connectivity index (χ2n) is 13.7. The zero-order chi connectivity index (χ0) is 37.0. The Labute approximate surface area is 311 Å². The number of hydrogen-bond donors (Lipinski definition) is 2. The first-order valence-electron chi connectivity index (χ1n) is 17.2. The van der Waals surface area contributed by atoms with Gasteiger partial charge in [0.1, 0.15) is 29.0 Å². The average Bonchev–Trinajstić information content (AvgIpc) is 3.75. The van der Waals surface area contributed by atoms with Crippen molar-refractivity contribution < 1.29 is 32.3 Å². The van der Waals surface area contributed by atoms with Gasteiger partial charge in [0.25, 0.3) is 17.7 Å². The molecule has 3 aliphatic heterocycles. The summed E-state index contributed by atoms with van der Waals surface area (Å²) in [6, 6.07) is 12.6. The van der Waals surface area contributed by atoms with Crippen molar-refractivity contribution in [2.24, 2.45) is 5.41 Å². The van der Waals surface area contributed by atoms with Crippen molar-refractivity contribution in [1.29, 1.82) is 0 Å². The fourth-order valence-electron chi connectivity index (χ4n) is 7.20. The van der Waals surface area contributed by atoms with Crippen LogP contribution in [0.5, 0.6) is 0 Å². The number of carbonyl (C=O) groups excluding carboxylic acids is 3. The van der Waals surface area contributed by atoms with E-state index in [-0.39, 0.29) is 28.1 Å². The van der Waals surface area contributed by atoms with Gasteiger partial charge in [0, 0.05) is 49.6 Å². The van der Waals surface area contributed by atoms with Gasteiger partial charge >= 0.3 is 0 Å². The SMILES string of the molecule is Cc1cc(C(=O)Nc2ccc(C(=O)N3CCc4cc(C(=O)Nc5c(F)cccc5F)sc4-c4sccc43)c(F)c2)c(N2CC3(CCOCC3)C2)nc1C. The van der Waals surface area contributed by atoms with Crippen molar-refractivity contribution in [3.05, 3.63) is 110 Å². The minimum atomic E-state index is -0.882. The normalized spacial score (nSPS) is 16.0. The highest BCUT2D eigenvalue weighted by atomic mass is 32.1. The van der Waals surface area contributed by atoms with Gasteiger partial charge in [0.05, 0.1) is 31.4 Å². The number of halogens is 3. The number of rotatable bonds is 6. The zero-order valence-corrected chi connectivity index (χ0v) is 30.5. The lowest BCUT2D eigenvalue weighted by molar-refractivity contribution is -0.000520. The number of thiophene rings is 2. The molecule has 5 aromatic rings. The van der Waals surface area contributed by atoms with Crippen LogP contribution in [0.3, 0.4) is 0 Å². The molecule has 0 bridgehead atoms. The molecule has 53 heavy (non-hydrogen) atoms. The molecule has 2 N–H and O–H groups in total. The molecule has 3 aliphatic rings. The van der Waals surface area contributed by atoms with E-state index >= 15 is 4.39 Å². The van der Waals surface area contributed by atoms with Crippen LogP contribution in [-0.4, -0.2) is 55.6 Å². The number of fused-ring (bicyclic) bond motifs is 3. The zero-order valence-electron chi connectivity index (χ0n) is 28.9. The smallest absolute Gasteiger partial charge is 0.265 e. The third kappa shape index (κ3) is 6.48. The predicted molar refractivity (Wildman–Crippen MR) is 200 cm³/mol. The van der Waals surface area contributed by atoms with Crippen LogP contribution in [0.1, 0.15) is 60.1 Å². The molecule has 3 amide bonds. The minimum absolute atomic E-state index is 0.159. The highest BCUT2D eigenvalue weighted by Crippen LogP contribution is 2.46. The molecule has 0 aliphatic carbocycles. The number of anilines is 4. The Morgan fingerprint density at radius 2 is 1.62 bits per heavy atom. The summed E-state index contributed by atoms with van der Waals surface area (Å²) in [5.41, 5.74) is 3.14. The third-order valence-electron chi connectivity index (χ3n) is 10.3. The van der Waals surface area contributed by atoms with E-state index in [9.17, 15) is 23.2 Å². The van der Waals surface area contributed by atoms with Gasteiger partial charge in [-0.1, -0.05) is 6.07 Å². The highest BCUT2D eigenvalue weighted by Gasteiger charge is 2.45. The van der Waals surface area contributed by atoms with Gasteiger partial charge in [-0.2, -0.15) is 0 Å². The molecule has 0 saturated carbocycles. The molecule has 14 heteroatoms. The van der Waals surface area contributed by atoms with Crippen LogP contribution < -0.4 is 20.4 Å². The van der Waals surface area contributed by atoms with Crippen LogP contribution in [-0.2, 0) is 11.2 Å². The van der Waals surface area contributed by atoms with Gasteiger partial charge in [-0.05, 0) is 98.1 Å². The van der Waals surface area contributed by atoms with Crippen LogP contribution in [0.25, 0.3) is 9.75 Å². The highest BCUT2D eigenvalue weighted by molar-refractivity contribution is 7.23. The van der Waals surface area contributed by atoms with Crippen LogP contribution >= 0.6 is 22.7 Å². The van der Waals surface area contributed by atoms with E-state index < -0.39 is 40.9 Å². The van der Waals surface area contributed by atoms with Crippen molar-refractivity contribution in [3.63, 3.8) is 0 Å². The van der Waals surface area contributed by atoms with E-state index in [2.05, 4.69) is 15.5 Å². The Bertz CT molecular complexity index is 2270. The summed E-state index contributed by atoms with van der Waals surface area (Å²) in [5.74, 6) is -3.57. The Morgan fingerprint density at radius 1 is 0.868 bits per heavy atom. The molecule has 2 saturated heterocycles. The molecule has 9 nitrogen and oxygen atoms in total. The first-order valence-corrected chi connectivity index (χ1v) is 18.9. The van der Waals surface area contributed by atoms with Gasteiger partial charge in [0.2, 0.25) is 0 Å². The summed E-state index contributed by atoms with van der Waals surface area (Å²) in [4.78, 5) is 50.7. The van der Waals surface area contributed by atoms with E-state index in [0.29, 0.717) is 23.5 Å². The standard InChI is InChI=1S/C39H34F3N5O4S2/c1-21-16-26(35(43-22(21)2)46-19-39(20-46)10-13-51-14-11-39)36(48)44-24-6-7-25(29(42)18-24)38(50)47-12-8-23-17-31(53-33(23)34-30(47)9-15-52-34)37(49)45-32-27(40)4-3-5-28(32)41/h3-7,9,15-18H,8,10-14,19-20H2,1-2H3,(H,44,48)(H,45,49). The maximum absolute atomic E-state index is 15.8. The lowest BCUT2D eigenvalue weighted by Gasteiger charge is -2.53. The van der Waals surface area contributed by atoms with Crippen molar-refractivity contribution in [1.82, 2.24) is 4.98 Å². The number of ether oxygens (including phenoxy) is 1. The Morgan fingerprint density at radius 3 is 2.36 bits per heavy atom. The number of hydrogen-bond acceptors (Lipinski definition) is 8. The summed E-state index contributed by atoms with van der Waals surface area (Å²) < 4.78 is 49.7. The topological polar surface area (TPSA) is 104 Å². The number of amides is 3. The number of nitrogens with one attached hydrogen (secondary N) is 2. The number of benzene rings is 2. The summed E-state index contributed by atoms with van der Waals surface area (Å²) in [6.07, 6.45) is 2.30. The van der Waals surface area contributed by atoms with Gasteiger partial charge < -0.3 is 25.2 Å². The molecule has 0 radical (unpaired) electrons. The summed E-state index contributed by atoms with van der Waals surface area (Å²) >= 11 is 2.53. The average molecular weight is 758 g/mol. The summed E-state index contributed by atoms with van der Waals surface area (Å²) in [5, 5.41) is 6.95. The Hall–Kier alpha value is -5.05. The lowest BCUT2D eigenvalue weighted by Crippen LogP contribution is -2.59. The van der Waals surface area contributed by atoms with E-state index in [0.717, 1.165) is 95.3 Å². The van der Waals surface area contributed by atoms with Crippen molar-refractivity contribution in [3.8, 4) is 9.75 Å². The number of pyridine rings is 1.